The molecule has 0 aromatic heterocycles. The first-order valence-corrected chi connectivity index (χ1v) is 6.66. The fraction of sp³-hybridized carbons (Fsp3) is 0.235. The molecule has 3 nitrogen and oxygen atoms in total. The van der Waals surface area contributed by atoms with Crippen molar-refractivity contribution < 1.29 is 9.53 Å². The Morgan fingerprint density at radius 2 is 1.75 bits per heavy atom. The van der Waals surface area contributed by atoms with E-state index < -0.39 is 6.10 Å². The number of rotatable bonds is 4. The summed E-state index contributed by atoms with van der Waals surface area (Å²) in [6.45, 7) is 5.76. The van der Waals surface area contributed by atoms with Crippen molar-refractivity contribution >= 4 is 11.6 Å². The number of carbonyl (C=O) groups excluding carboxylic acids is 1. The number of anilines is 1. The molecule has 1 amide bonds. The molecule has 0 unspecified atom stereocenters. The maximum absolute atomic E-state index is 12.1. The van der Waals surface area contributed by atoms with Crippen LogP contribution in [0.2, 0.25) is 0 Å². The highest BCUT2D eigenvalue weighted by molar-refractivity contribution is 5.94. The molecule has 2 rings (SSSR count). The van der Waals surface area contributed by atoms with Crippen LogP contribution in [0, 0.1) is 13.8 Å². The third-order valence-electron chi connectivity index (χ3n) is 3.29. The molecule has 1 N–H and O–H groups in total. The number of amides is 1. The number of carbonyl (C=O) groups is 1. The van der Waals surface area contributed by atoms with Gasteiger partial charge in [-0.25, -0.2) is 0 Å². The summed E-state index contributed by atoms with van der Waals surface area (Å²) < 4.78 is 5.61. The van der Waals surface area contributed by atoms with Crippen molar-refractivity contribution in [3.8, 4) is 5.75 Å². The summed E-state index contributed by atoms with van der Waals surface area (Å²) >= 11 is 0. The first kappa shape index (κ1) is 14.1. The Bertz CT molecular complexity index is 593. The number of para-hydroxylation sites is 1. The van der Waals surface area contributed by atoms with E-state index in [1.807, 2.05) is 62.4 Å². The molecular formula is C17H19NO2. The van der Waals surface area contributed by atoms with Gasteiger partial charge in [0.15, 0.2) is 6.10 Å². The zero-order valence-electron chi connectivity index (χ0n) is 12.0. The average molecular weight is 269 g/mol. The van der Waals surface area contributed by atoms with E-state index >= 15 is 0 Å². The number of nitrogens with one attached hydrogen (secondary N) is 1. The maximum Gasteiger partial charge on any atom is 0.265 e. The predicted octanol–water partition coefficient (Wildman–Crippen LogP) is 3.71. The molecule has 0 radical (unpaired) electrons. The van der Waals surface area contributed by atoms with E-state index in [0.717, 1.165) is 16.8 Å². The fourth-order valence-corrected chi connectivity index (χ4v) is 1.88. The van der Waals surface area contributed by atoms with Gasteiger partial charge in [0.1, 0.15) is 5.75 Å². The Morgan fingerprint density at radius 3 is 2.45 bits per heavy atom. The van der Waals surface area contributed by atoms with Crippen LogP contribution in [-0.4, -0.2) is 12.0 Å². The monoisotopic (exact) mass is 269 g/mol. The number of aryl methyl sites for hydroxylation is 1. The highest BCUT2D eigenvalue weighted by atomic mass is 16.5. The van der Waals surface area contributed by atoms with Gasteiger partial charge in [-0.15, -0.1) is 0 Å². The van der Waals surface area contributed by atoms with E-state index in [4.69, 9.17) is 4.74 Å². The lowest BCUT2D eigenvalue weighted by atomic mass is 10.1. The van der Waals surface area contributed by atoms with E-state index in [0.29, 0.717) is 5.75 Å². The molecule has 0 aliphatic heterocycles. The van der Waals surface area contributed by atoms with Gasteiger partial charge in [0.2, 0.25) is 0 Å². The Morgan fingerprint density at radius 1 is 1.05 bits per heavy atom. The standard InChI is InChI=1S/C17H19NO2/c1-12-8-7-11-16(13(12)2)18-17(19)14(3)20-15-9-5-4-6-10-15/h4-11,14H,1-3H3,(H,18,19)/t14-/m1/s1. The van der Waals surface area contributed by atoms with Crippen LogP contribution in [0.4, 0.5) is 5.69 Å². The second-order valence-corrected chi connectivity index (χ2v) is 4.81. The molecule has 2 aromatic carbocycles. The van der Waals surface area contributed by atoms with Crippen molar-refractivity contribution in [3.05, 3.63) is 59.7 Å². The molecule has 0 saturated heterocycles. The van der Waals surface area contributed by atoms with Gasteiger partial charge in [-0.2, -0.15) is 0 Å². The van der Waals surface area contributed by atoms with Crippen molar-refractivity contribution in [2.75, 3.05) is 5.32 Å². The van der Waals surface area contributed by atoms with Crippen LogP contribution in [0.25, 0.3) is 0 Å². The zero-order valence-corrected chi connectivity index (χ0v) is 12.0. The molecule has 104 valence electrons. The summed E-state index contributed by atoms with van der Waals surface area (Å²) in [6, 6.07) is 15.2. The average Bonchev–Trinajstić information content (AvgIpc) is 2.45. The van der Waals surface area contributed by atoms with Crippen LogP contribution in [0.1, 0.15) is 18.1 Å². The molecule has 3 heteroatoms. The Balaban J connectivity index is 2.03. The largest absolute Gasteiger partial charge is 0.481 e. The zero-order chi connectivity index (χ0) is 14.5. The van der Waals surface area contributed by atoms with Crippen LogP contribution in [-0.2, 0) is 4.79 Å². The molecule has 0 spiro atoms. The minimum Gasteiger partial charge on any atom is -0.481 e. The van der Waals surface area contributed by atoms with Gasteiger partial charge >= 0.3 is 0 Å². The van der Waals surface area contributed by atoms with E-state index in [1.165, 1.54) is 0 Å². The number of hydrogen-bond donors (Lipinski definition) is 1. The molecule has 20 heavy (non-hydrogen) atoms. The van der Waals surface area contributed by atoms with Gasteiger partial charge in [0.25, 0.3) is 5.91 Å². The summed E-state index contributed by atoms with van der Waals surface area (Å²) in [5.74, 6) is 0.540. The molecule has 0 saturated carbocycles. The second-order valence-electron chi connectivity index (χ2n) is 4.81. The summed E-state index contributed by atoms with van der Waals surface area (Å²) in [4.78, 5) is 12.1. The summed E-state index contributed by atoms with van der Waals surface area (Å²) in [7, 11) is 0. The van der Waals surface area contributed by atoms with Crippen LogP contribution in [0.15, 0.2) is 48.5 Å². The van der Waals surface area contributed by atoms with E-state index in [-0.39, 0.29) is 5.91 Å². The molecule has 0 bridgehead atoms. The Labute approximate surface area is 119 Å². The topological polar surface area (TPSA) is 38.3 Å². The van der Waals surface area contributed by atoms with Crippen molar-refractivity contribution in [3.63, 3.8) is 0 Å². The molecule has 0 aliphatic carbocycles. The van der Waals surface area contributed by atoms with E-state index in [2.05, 4.69) is 5.32 Å². The van der Waals surface area contributed by atoms with Gasteiger partial charge in [0, 0.05) is 5.69 Å². The summed E-state index contributed by atoms with van der Waals surface area (Å²) in [5.41, 5.74) is 3.06. The molecule has 2 aromatic rings. The van der Waals surface area contributed by atoms with Crippen LogP contribution in [0.5, 0.6) is 5.75 Å². The smallest absolute Gasteiger partial charge is 0.265 e. The van der Waals surface area contributed by atoms with Gasteiger partial charge in [-0.3, -0.25) is 4.79 Å². The molecule has 0 aliphatic rings. The lowest BCUT2D eigenvalue weighted by molar-refractivity contribution is -0.122. The van der Waals surface area contributed by atoms with Gasteiger partial charge in [-0.05, 0) is 50.1 Å². The van der Waals surface area contributed by atoms with Gasteiger partial charge in [-0.1, -0.05) is 30.3 Å². The van der Waals surface area contributed by atoms with Crippen molar-refractivity contribution in [2.24, 2.45) is 0 Å². The van der Waals surface area contributed by atoms with E-state index in [1.54, 1.807) is 6.92 Å². The third-order valence-corrected chi connectivity index (χ3v) is 3.29. The van der Waals surface area contributed by atoms with Crippen LogP contribution in [0.3, 0.4) is 0 Å². The first-order chi connectivity index (χ1) is 9.58. The molecule has 0 fully saturated rings. The Kier molecular flexibility index (Phi) is 4.41. The van der Waals surface area contributed by atoms with Crippen LogP contribution >= 0.6 is 0 Å². The minimum absolute atomic E-state index is 0.150. The SMILES string of the molecule is Cc1cccc(NC(=O)[C@@H](C)Oc2ccccc2)c1C. The molecule has 0 heterocycles. The van der Waals surface area contributed by atoms with Crippen molar-refractivity contribution in [1.82, 2.24) is 0 Å². The molecular weight excluding hydrogens is 250 g/mol. The summed E-state index contributed by atoms with van der Waals surface area (Å²) in [6.07, 6.45) is -0.544. The minimum atomic E-state index is -0.544. The highest BCUT2D eigenvalue weighted by Crippen LogP contribution is 2.19. The Hall–Kier alpha value is -2.29. The van der Waals surface area contributed by atoms with Crippen molar-refractivity contribution in [1.29, 1.82) is 0 Å². The van der Waals surface area contributed by atoms with Crippen molar-refractivity contribution in [2.45, 2.75) is 26.9 Å². The maximum atomic E-state index is 12.1. The lowest BCUT2D eigenvalue weighted by Crippen LogP contribution is -2.30. The fourth-order valence-electron chi connectivity index (χ4n) is 1.88. The lowest BCUT2D eigenvalue weighted by Gasteiger charge is -2.16. The second kappa shape index (κ2) is 6.24. The highest BCUT2D eigenvalue weighted by Gasteiger charge is 2.15. The molecule has 1 atom stereocenters. The van der Waals surface area contributed by atoms with Gasteiger partial charge in [0.05, 0.1) is 0 Å². The normalized spacial score (nSPS) is 11.8. The number of hydrogen-bond acceptors (Lipinski definition) is 2. The third kappa shape index (κ3) is 3.38. The number of benzene rings is 2. The quantitative estimate of drug-likeness (QED) is 0.919. The van der Waals surface area contributed by atoms with E-state index in [9.17, 15) is 4.79 Å². The predicted molar refractivity (Wildman–Crippen MR) is 81.1 cm³/mol. The summed E-state index contributed by atoms with van der Waals surface area (Å²) in [5, 5.41) is 2.91. The first-order valence-electron chi connectivity index (χ1n) is 6.66. The number of ether oxygens (including phenoxy) is 1. The van der Waals surface area contributed by atoms with Crippen LogP contribution < -0.4 is 10.1 Å². The van der Waals surface area contributed by atoms with Gasteiger partial charge < -0.3 is 10.1 Å².